The number of piperidine rings is 1. The molecule has 4 rings (SSSR count). The van der Waals surface area contributed by atoms with Crippen LogP contribution >= 0.6 is 23.4 Å². The fourth-order valence-electron chi connectivity index (χ4n) is 4.86. The van der Waals surface area contributed by atoms with E-state index >= 15 is 4.39 Å². The number of likely N-dealkylation sites (tertiary alicyclic amines) is 1. The lowest BCUT2D eigenvalue weighted by Crippen LogP contribution is -2.42. The molecule has 2 aromatic carbocycles. The number of halogens is 2. The molecule has 1 aliphatic rings. The molecule has 1 atom stereocenters. The second-order valence-electron chi connectivity index (χ2n) is 9.57. The van der Waals surface area contributed by atoms with Gasteiger partial charge in [0.1, 0.15) is 11.9 Å². The molecule has 0 amide bonds. The topological polar surface area (TPSA) is 45.6 Å². The summed E-state index contributed by atoms with van der Waals surface area (Å²) in [5.74, 6) is 1.69. The molecule has 0 saturated carbocycles. The third kappa shape index (κ3) is 6.48. The van der Waals surface area contributed by atoms with E-state index in [-0.39, 0.29) is 12.0 Å². The number of aryl methyl sites for hydroxylation is 1. The average Bonchev–Trinajstić information content (AvgIpc) is 2.89. The van der Waals surface area contributed by atoms with Crippen LogP contribution in [0.25, 0.3) is 10.9 Å². The average molecular weight is 517 g/mol. The first-order valence-electron chi connectivity index (χ1n) is 12.2. The molecule has 4 nitrogen and oxygen atoms in total. The molecule has 2 heterocycles. The van der Waals surface area contributed by atoms with Crippen molar-refractivity contribution in [2.45, 2.75) is 43.7 Å². The van der Waals surface area contributed by atoms with Gasteiger partial charge in [0, 0.05) is 40.9 Å². The van der Waals surface area contributed by atoms with Crippen molar-refractivity contribution in [1.29, 1.82) is 0 Å². The summed E-state index contributed by atoms with van der Waals surface area (Å²) in [5.41, 5.74) is 2.20. The number of aromatic nitrogens is 1. The lowest BCUT2D eigenvalue weighted by atomic mass is 9.74. The van der Waals surface area contributed by atoms with Gasteiger partial charge in [0.15, 0.2) is 0 Å². The molecule has 35 heavy (non-hydrogen) atoms. The number of aliphatic hydroxyl groups excluding tert-OH is 1. The van der Waals surface area contributed by atoms with Gasteiger partial charge in [-0.05, 0) is 81.4 Å². The molecular formula is C28H34ClFN2O2S. The number of alkyl halides is 1. The molecule has 3 aromatic rings. The van der Waals surface area contributed by atoms with E-state index < -0.39 is 6.17 Å². The fourth-order valence-corrected chi connectivity index (χ4v) is 6.04. The Morgan fingerprint density at radius 1 is 1.20 bits per heavy atom. The number of thioether (sulfide) groups is 1. The molecule has 1 fully saturated rings. The van der Waals surface area contributed by atoms with Crippen LogP contribution in [0.4, 0.5) is 4.39 Å². The zero-order chi connectivity index (χ0) is 24.8. The molecule has 0 radical (unpaired) electrons. The van der Waals surface area contributed by atoms with Gasteiger partial charge in [-0.15, -0.1) is 11.8 Å². The maximum absolute atomic E-state index is 15.6. The monoisotopic (exact) mass is 516 g/mol. The van der Waals surface area contributed by atoms with E-state index in [1.165, 1.54) is 16.7 Å². The van der Waals surface area contributed by atoms with E-state index in [9.17, 15) is 5.11 Å². The Labute approximate surface area is 216 Å². The summed E-state index contributed by atoms with van der Waals surface area (Å²) in [5, 5.41) is 11.3. The van der Waals surface area contributed by atoms with E-state index in [1.807, 2.05) is 23.9 Å². The SMILES string of the molecule is COc1ccc2ncc(Cl)c(C(F)CCC3(CO)CCN(CCSc4ccc(C)cc4)CC3)c2c1. The summed E-state index contributed by atoms with van der Waals surface area (Å²) in [7, 11) is 1.59. The Bertz CT molecular complexity index is 1120. The summed E-state index contributed by atoms with van der Waals surface area (Å²) < 4.78 is 20.9. The zero-order valence-corrected chi connectivity index (χ0v) is 22.0. The first-order valence-corrected chi connectivity index (χ1v) is 13.6. The van der Waals surface area contributed by atoms with Gasteiger partial charge in [-0.1, -0.05) is 29.3 Å². The number of benzene rings is 2. The standard InChI is InChI=1S/C28H34ClFN2O2S/c1-20-3-6-22(7-4-20)35-16-15-32-13-11-28(19-33,12-14-32)10-9-25(30)27-23-17-21(34-2)5-8-26(23)31-18-24(27)29/h3-8,17-18,25,33H,9-16,19H2,1-2H3. The van der Waals surface area contributed by atoms with Crippen LogP contribution in [0.3, 0.4) is 0 Å². The number of nitrogens with zero attached hydrogens (tertiary/aromatic N) is 2. The van der Waals surface area contributed by atoms with Crippen LogP contribution in [0.1, 0.15) is 43.0 Å². The molecule has 1 N–H and O–H groups in total. The highest BCUT2D eigenvalue weighted by Crippen LogP contribution is 2.42. The predicted octanol–water partition coefficient (Wildman–Crippen LogP) is 6.86. The Balaban J connectivity index is 1.33. The van der Waals surface area contributed by atoms with Crippen LogP contribution in [-0.2, 0) is 0 Å². The summed E-state index contributed by atoms with van der Waals surface area (Å²) >= 11 is 8.28. The number of hydrogen-bond donors (Lipinski definition) is 1. The van der Waals surface area contributed by atoms with Gasteiger partial charge >= 0.3 is 0 Å². The van der Waals surface area contributed by atoms with Crippen molar-refractivity contribution >= 4 is 34.3 Å². The van der Waals surface area contributed by atoms with E-state index in [4.69, 9.17) is 16.3 Å². The molecule has 188 valence electrons. The van der Waals surface area contributed by atoms with Crippen LogP contribution in [0, 0.1) is 12.3 Å². The van der Waals surface area contributed by atoms with Crippen molar-refractivity contribution in [3.8, 4) is 5.75 Å². The van der Waals surface area contributed by atoms with E-state index in [1.54, 1.807) is 13.2 Å². The molecule has 7 heteroatoms. The minimum atomic E-state index is -1.23. The number of ether oxygens (including phenoxy) is 1. The maximum atomic E-state index is 15.6. The van der Waals surface area contributed by atoms with Crippen LogP contribution in [0.5, 0.6) is 5.75 Å². The first kappa shape index (κ1) is 26.2. The number of aliphatic hydroxyl groups is 1. The van der Waals surface area contributed by atoms with E-state index in [0.717, 1.165) is 38.2 Å². The van der Waals surface area contributed by atoms with Crippen molar-refractivity contribution < 1.29 is 14.2 Å². The zero-order valence-electron chi connectivity index (χ0n) is 20.5. The minimum absolute atomic E-state index is 0.0876. The molecule has 0 bridgehead atoms. The van der Waals surface area contributed by atoms with Gasteiger partial charge in [-0.3, -0.25) is 4.98 Å². The summed E-state index contributed by atoms with van der Waals surface area (Å²) in [6.45, 7) is 5.08. The quantitative estimate of drug-likeness (QED) is 0.298. The third-order valence-electron chi connectivity index (χ3n) is 7.26. The van der Waals surface area contributed by atoms with Crippen molar-refractivity contribution in [3.05, 3.63) is 64.8 Å². The molecule has 1 unspecified atom stereocenters. The molecule has 1 saturated heterocycles. The second kappa shape index (κ2) is 11.9. The molecular weight excluding hydrogens is 483 g/mol. The second-order valence-corrected chi connectivity index (χ2v) is 11.1. The number of fused-ring (bicyclic) bond motifs is 1. The van der Waals surface area contributed by atoms with Gasteiger partial charge in [-0.2, -0.15) is 0 Å². The highest BCUT2D eigenvalue weighted by atomic mass is 35.5. The van der Waals surface area contributed by atoms with Gasteiger partial charge in [0.25, 0.3) is 0 Å². The van der Waals surface area contributed by atoms with Gasteiger partial charge < -0.3 is 14.7 Å². The number of methoxy groups -OCH3 is 1. The Morgan fingerprint density at radius 3 is 2.63 bits per heavy atom. The van der Waals surface area contributed by atoms with Gasteiger partial charge in [0.2, 0.25) is 0 Å². The van der Waals surface area contributed by atoms with Crippen LogP contribution in [-0.4, -0.2) is 54.1 Å². The fraction of sp³-hybridized carbons (Fsp3) is 0.464. The van der Waals surface area contributed by atoms with Gasteiger partial charge in [-0.25, -0.2) is 4.39 Å². The number of hydrogen-bond acceptors (Lipinski definition) is 5. The summed E-state index contributed by atoms with van der Waals surface area (Å²) in [4.78, 5) is 8.09. The molecule has 1 aromatic heterocycles. The van der Waals surface area contributed by atoms with E-state index in [2.05, 4.69) is 41.1 Å². The minimum Gasteiger partial charge on any atom is -0.497 e. The Hall–Kier alpha value is -1.86. The smallest absolute Gasteiger partial charge is 0.127 e. The molecule has 0 aliphatic carbocycles. The summed E-state index contributed by atoms with van der Waals surface area (Å²) in [6, 6.07) is 14.1. The highest BCUT2D eigenvalue weighted by molar-refractivity contribution is 7.99. The van der Waals surface area contributed by atoms with Crippen molar-refractivity contribution in [1.82, 2.24) is 9.88 Å². The predicted molar refractivity (Wildman–Crippen MR) is 143 cm³/mol. The van der Waals surface area contributed by atoms with Crippen LogP contribution in [0.2, 0.25) is 5.02 Å². The highest BCUT2D eigenvalue weighted by Gasteiger charge is 2.35. The normalized spacial score (nSPS) is 16.9. The molecule has 0 spiro atoms. The third-order valence-corrected chi connectivity index (χ3v) is 8.55. The van der Waals surface area contributed by atoms with Crippen molar-refractivity contribution in [3.63, 3.8) is 0 Å². The Morgan fingerprint density at radius 2 is 1.94 bits per heavy atom. The largest absolute Gasteiger partial charge is 0.497 e. The first-order chi connectivity index (χ1) is 16.9. The lowest BCUT2D eigenvalue weighted by Gasteiger charge is -2.41. The van der Waals surface area contributed by atoms with Crippen molar-refractivity contribution in [2.24, 2.45) is 5.41 Å². The van der Waals surface area contributed by atoms with Gasteiger partial charge in [0.05, 0.1) is 17.6 Å². The van der Waals surface area contributed by atoms with Crippen LogP contribution in [0.15, 0.2) is 53.6 Å². The van der Waals surface area contributed by atoms with Crippen LogP contribution < -0.4 is 4.74 Å². The number of rotatable bonds is 10. The Kier molecular flexibility index (Phi) is 8.92. The van der Waals surface area contributed by atoms with E-state index in [0.29, 0.717) is 40.1 Å². The lowest BCUT2D eigenvalue weighted by molar-refractivity contribution is 0.0323. The molecule has 1 aliphatic heterocycles. The number of pyridine rings is 1. The van der Waals surface area contributed by atoms with Crippen molar-refractivity contribution in [2.75, 3.05) is 39.1 Å². The summed E-state index contributed by atoms with van der Waals surface area (Å²) in [6.07, 6.45) is 2.99. The maximum Gasteiger partial charge on any atom is 0.127 e.